The Morgan fingerprint density at radius 1 is 0.639 bits per heavy atom. The Morgan fingerprint density at radius 2 is 1.19 bits per heavy atom. The fourth-order valence-corrected chi connectivity index (χ4v) is 12.4. The van der Waals surface area contributed by atoms with Crippen LogP contribution >= 0.6 is 11.6 Å². The van der Waals surface area contributed by atoms with Gasteiger partial charge in [0.1, 0.15) is 11.6 Å². The minimum atomic E-state index is -4.37. The number of piperidine rings is 2. The van der Waals surface area contributed by atoms with Gasteiger partial charge in [-0.05, 0) is 92.7 Å². The predicted octanol–water partition coefficient (Wildman–Crippen LogP) is 9.52. The number of rotatable bonds is 9. The van der Waals surface area contributed by atoms with E-state index in [1.54, 1.807) is 30.3 Å². The summed E-state index contributed by atoms with van der Waals surface area (Å²) in [6.45, 7) is 4.90. The Kier molecular flexibility index (Phi) is 13.3. The molecule has 2 saturated heterocycles. The number of nitrogens with one attached hydrogen (secondary N) is 2. The zero-order chi connectivity index (χ0) is 49.7. The molecule has 6 aromatic rings. The van der Waals surface area contributed by atoms with E-state index in [0.29, 0.717) is 71.0 Å². The van der Waals surface area contributed by atoms with Crippen LogP contribution in [0, 0.1) is 41.1 Å². The summed E-state index contributed by atoms with van der Waals surface area (Å²) in [5.74, 6) is 0.163. The molecule has 72 heavy (non-hydrogen) atoms. The van der Waals surface area contributed by atoms with Crippen LogP contribution in [0.25, 0.3) is 0 Å². The van der Waals surface area contributed by atoms with Gasteiger partial charge in [-0.2, -0.15) is 33.3 Å². The van der Waals surface area contributed by atoms with Crippen molar-refractivity contribution < 1.29 is 31.1 Å². The maximum atomic E-state index is 14.7. The minimum absolute atomic E-state index is 0.130. The van der Waals surface area contributed by atoms with Crippen LogP contribution < -0.4 is 25.2 Å². The van der Waals surface area contributed by atoms with Gasteiger partial charge in [-0.3, -0.25) is 0 Å². The highest BCUT2D eigenvalue weighted by atomic mass is 35.5. The Hall–Kier alpha value is -6.25. The predicted molar refractivity (Wildman–Crippen MR) is 256 cm³/mol. The van der Waals surface area contributed by atoms with Crippen molar-refractivity contribution in [2.24, 2.45) is 23.7 Å². The number of hydrogen-bond acceptors (Lipinski definition) is 13. The third-order valence-electron chi connectivity index (χ3n) is 15.7. The van der Waals surface area contributed by atoms with Gasteiger partial charge in [0.05, 0.1) is 36.4 Å². The van der Waals surface area contributed by atoms with E-state index in [-0.39, 0.29) is 23.6 Å². The Balaban J connectivity index is 0.000000156. The van der Waals surface area contributed by atoms with Crippen LogP contribution in [-0.2, 0) is 19.3 Å². The molecular weight excluding hydrogens is 962 g/mol. The largest absolute Gasteiger partial charge is 0.480 e. The number of hydrogen-bond donors (Lipinski definition) is 2. The molecule has 4 aromatic heterocycles. The van der Waals surface area contributed by atoms with E-state index in [0.717, 1.165) is 120 Å². The van der Waals surface area contributed by atoms with E-state index in [1.807, 2.05) is 16.8 Å². The van der Waals surface area contributed by atoms with Crippen molar-refractivity contribution in [3.05, 3.63) is 112 Å². The van der Waals surface area contributed by atoms with Crippen molar-refractivity contribution in [3.63, 3.8) is 0 Å². The second kappa shape index (κ2) is 20.0. The highest BCUT2D eigenvalue weighted by Gasteiger charge is 2.45. The van der Waals surface area contributed by atoms with E-state index in [4.69, 9.17) is 36.5 Å². The lowest BCUT2D eigenvalue weighted by molar-refractivity contribution is -0.137. The lowest BCUT2D eigenvalue weighted by Crippen LogP contribution is -2.48. The number of fused-ring (bicyclic) bond motifs is 6. The van der Waals surface area contributed by atoms with Gasteiger partial charge in [-0.15, -0.1) is 20.4 Å². The van der Waals surface area contributed by atoms with E-state index in [9.17, 15) is 26.3 Å². The summed E-state index contributed by atoms with van der Waals surface area (Å²) in [5, 5.41) is 32.9. The molecule has 1 unspecified atom stereocenters. The van der Waals surface area contributed by atoms with Crippen LogP contribution in [-0.4, -0.2) is 95.3 Å². The molecular formula is C50H55ClF6N14O. The fourth-order valence-electron chi connectivity index (χ4n) is 12.3. The van der Waals surface area contributed by atoms with Crippen LogP contribution in [0.2, 0.25) is 5.15 Å². The number of nitrogens with zero attached hydrogens (tertiary/aromatic N) is 12. The van der Waals surface area contributed by atoms with Crippen molar-refractivity contribution in [2.45, 2.75) is 107 Å². The second-order valence-corrected chi connectivity index (χ2v) is 20.4. The number of aromatic nitrogens is 10. The molecule has 8 atom stereocenters. The Bertz CT molecular complexity index is 2870. The summed E-state index contributed by atoms with van der Waals surface area (Å²) in [6.07, 6.45) is 8.49. The van der Waals surface area contributed by atoms with E-state index < -0.39 is 35.1 Å². The first-order valence-corrected chi connectivity index (χ1v) is 25.3. The third kappa shape index (κ3) is 9.71. The third-order valence-corrected chi connectivity index (χ3v) is 15.9. The van der Waals surface area contributed by atoms with Gasteiger partial charge < -0.3 is 25.2 Å². The van der Waals surface area contributed by atoms with Gasteiger partial charge in [0.15, 0.2) is 22.6 Å². The van der Waals surface area contributed by atoms with Gasteiger partial charge in [-0.25, -0.2) is 22.5 Å². The second-order valence-electron chi connectivity index (χ2n) is 20.1. The van der Waals surface area contributed by atoms with Crippen molar-refractivity contribution >= 4 is 34.9 Å². The van der Waals surface area contributed by atoms with E-state index in [1.165, 1.54) is 18.2 Å². The topological polar surface area (TPSA) is 153 Å². The summed E-state index contributed by atoms with van der Waals surface area (Å²) in [6, 6.07) is 12.2. The molecule has 4 bridgehead atoms. The Morgan fingerprint density at radius 3 is 1.76 bits per heavy atom. The van der Waals surface area contributed by atoms with Crippen LogP contribution in [0.15, 0.2) is 60.9 Å². The Labute approximate surface area is 417 Å². The van der Waals surface area contributed by atoms with Crippen molar-refractivity contribution in [3.8, 4) is 5.88 Å². The molecule has 8 heterocycles. The highest BCUT2D eigenvalue weighted by molar-refractivity contribution is 6.29. The van der Waals surface area contributed by atoms with Gasteiger partial charge in [0.2, 0.25) is 17.8 Å². The van der Waals surface area contributed by atoms with Gasteiger partial charge >= 0.3 is 6.18 Å². The molecule has 15 nitrogen and oxygen atoms in total. The van der Waals surface area contributed by atoms with Gasteiger partial charge in [0.25, 0.3) is 0 Å². The van der Waals surface area contributed by atoms with E-state index >= 15 is 0 Å². The summed E-state index contributed by atoms with van der Waals surface area (Å²) in [5.41, 5.74) is 2.14. The lowest BCUT2D eigenvalue weighted by Gasteiger charge is -2.39. The molecule has 22 heteroatoms. The number of alkyl halides is 3. The zero-order valence-corrected chi connectivity index (χ0v) is 40.4. The molecule has 380 valence electrons. The smallest absolute Gasteiger partial charge is 0.416 e. The summed E-state index contributed by atoms with van der Waals surface area (Å²) in [4.78, 5) is 14.3. The molecule has 2 aliphatic carbocycles. The molecule has 0 amide bonds. The molecule has 6 aliphatic rings. The quantitative estimate of drug-likeness (QED) is 0.105. The first kappa shape index (κ1) is 48.0. The maximum Gasteiger partial charge on any atom is 0.416 e. The van der Waals surface area contributed by atoms with Crippen LogP contribution in [0.3, 0.4) is 0 Å². The first-order chi connectivity index (χ1) is 34.9. The van der Waals surface area contributed by atoms with Crippen molar-refractivity contribution in [1.82, 2.24) is 49.9 Å². The molecule has 0 radical (unpaired) electrons. The molecule has 4 aliphatic heterocycles. The highest BCUT2D eigenvalue weighted by Crippen LogP contribution is 2.43. The number of methoxy groups -OCH3 is 1. The van der Waals surface area contributed by atoms with Crippen LogP contribution in [0.1, 0.15) is 104 Å². The summed E-state index contributed by atoms with van der Waals surface area (Å²) in [7, 11) is 1.58. The van der Waals surface area contributed by atoms with Gasteiger partial charge in [-0.1, -0.05) is 48.7 Å². The first-order valence-electron chi connectivity index (χ1n) is 24.9. The lowest BCUT2D eigenvalue weighted by atomic mass is 9.92. The van der Waals surface area contributed by atoms with Gasteiger partial charge in [0, 0.05) is 80.9 Å². The number of aryl methyl sites for hydroxylation is 2. The zero-order valence-electron chi connectivity index (χ0n) is 39.6. The van der Waals surface area contributed by atoms with Crippen molar-refractivity contribution in [1.29, 1.82) is 0 Å². The number of benzene rings is 2. The average Bonchev–Trinajstić information content (AvgIpc) is 3.99. The fraction of sp³-hybridized carbons (Fsp3) is 0.520. The number of anilines is 4. The summed E-state index contributed by atoms with van der Waals surface area (Å²) >= 11 is 6.05. The number of ether oxygens (including phenoxy) is 1. The minimum Gasteiger partial charge on any atom is -0.480 e. The number of halogens is 7. The molecule has 12 rings (SSSR count). The molecule has 0 spiro atoms. The average molecular weight is 1020 g/mol. The molecule has 2 saturated carbocycles. The standard InChI is InChI=1S/C25H27ClF3N7.C25H28F3N7O/c26-21-11-19(12-30-33-21)35-13-16-7-8-17(14-35)22(16)31-24-32-23-20(6-1-2-9-36(23)34-24)15-4-3-5-18(10-15)25(27,28)29;1-36-20-10-16(11-29-32-20)34-12-14-5-6-15(13-34)23(14)30-25-31-24-18(4-2-3-9-35(24)33-25)17-7-8-19(26)22(28)21(17)27/h3-5,10-12,16-17,20,22H,1-2,6-9,13-14H2,(H,31,34);7-8,10-11,14-15,18,23H,2-6,9,12-13H2,1H3,(H,30,33)/t16-,17+,20?,22+;14-,15+,18-,23+/m.1/s1. The van der Waals surface area contributed by atoms with Crippen molar-refractivity contribution in [2.75, 3.05) is 53.7 Å². The molecule has 2 aromatic carbocycles. The SMILES string of the molecule is COc1cc(N2C[C@H]3CC[C@@H](C2)[C@H]3Nc2nc3n(n2)CCCC[C@@H]3c2ccc(F)c(F)c2F)cnn1.FC(F)(F)c1cccc(C2CCCCn3nc(N[C@H]4[C@@H]5CC[C@H]4CN(c4cnnc(Cl)c4)C5)nc32)c1. The molecule has 4 fully saturated rings. The monoisotopic (exact) mass is 1020 g/mol. The maximum absolute atomic E-state index is 14.7. The summed E-state index contributed by atoms with van der Waals surface area (Å²) < 4.78 is 91.2. The normalized spacial score (nSPS) is 25.7. The van der Waals surface area contributed by atoms with Crippen LogP contribution in [0.4, 0.5) is 49.6 Å². The van der Waals surface area contributed by atoms with E-state index in [2.05, 4.69) is 40.8 Å². The van der Waals surface area contributed by atoms with Crippen LogP contribution in [0.5, 0.6) is 5.88 Å². The molecule has 2 N–H and O–H groups in total.